The Labute approximate surface area is 109 Å². The average Bonchev–Trinajstić information content (AvgIpc) is 2.38. The Kier molecular flexibility index (Phi) is 6.85. The Bertz CT molecular complexity index is 379. The summed E-state index contributed by atoms with van der Waals surface area (Å²) in [5, 5.41) is 8.68. The molecule has 1 rings (SSSR count). The third-order valence-electron chi connectivity index (χ3n) is 3.05. The normalized spacial score (nSPS) is 11.5. The fourth-order valence-electron chi connectivity index (χ4n) is 1.88. The molecule has 1 N–H and O–H groups in total. The number of hydrogen-bond acceptors (Lipinski definition) is 1. The summed E-state index contributed by atoms with van der Waals surface area (Å²) in [6, 6.07) is 10.5. The molecule has 0 aliphatic rings. The summed E-state index contributed by atoms with van der Waals surface area (Å²) >= 11 is 0. The molecule has 0 heterocycles. The van der Waals surface area contributed by atoms with Crippen LogP contribution in [0.25, 0.3) is 0 Å². The summed E-state index contributed by atoms with van der Waals surface area (Å²) in [6.45, 7) is 1.65. The number of aliphatic carboxylic acids is 1. The van der Waals surface area contributed by atoms with E-state index in [1.807, 2.05) is 12.1 Å². The van der Waals surface area contributed by atoms with Crippen molar-refractivity contribution in [2.24, 2.45) is 0 Å². The topological polar surface area (TPSA) is 37.3 Å². The van der Waals surface area contributed by atoms with Gasteiger partial charge in [0.15, 0.2) is 0 Å². The summed E-state index contributed by atoms with van der Waals surface area (Å²) in [6.07, 6.45) is 8.53. The van der Waals surface area contributed by atoms with Gasteiger partial charge in [-0.05, 0) is 38.2 Å². The molecule has 0 aromatic heterocycles. The predicted octanol–water partition coefficient (Wildman–Crippen LogP) is 4.21. The Morgan fingerprint density at radius 1 is 1.11 bits per heavy atom. The zero-order chi connectivity index (χ0) is 13.2. The van der Waals surface area contributed by atoms with E-state index in [0.717, 1.165) is 19.3 Å². The lowest BCUT2D eigenvalue weighted by Crippen LogP contribution is -1.95. The number of carbonyl (C=O) groups is 1. The van der Waals surface area contributed by atoms with Gasteiger partial charge in [-0.25, -0.2) is 4.79 Å². The predicted molar refractivity (Wildman–Crippen MR) is 74.6 cm³/mol. The van der Waals surface area contributed by atoms with Gasteiger partial charge in [0.2, 0.25) is 0 Å². The van der Waals surface area contributed by atoms with Crippen LogP contribution >= 0.6 is 0 Å². The smallest absolute Gasteiger partial charge is 0.330 e. The van der Waals surface area contributed by atoms with Gasteiger partial charge in [0.05, 0.1) is 0 Å². The molecule has 0 saturated carbocycles. The molecule has 0 amide bonds. The molecule has 0 saturated heterocycles. The number of rotatable bonds is 8. The highest BCUT2D eigenvalue weighted by Gasteiger charge is 1.98. The van der Waals surface area contributed by atoms with Gasteiger partial charge in [0.25, 0.3) is 0 Å². The van der Waals surface area contributed by atoms with Gasteiger partial charge in [-0.3, -0.25) is 0 Å². The summed E-state index contributed by atoms with van der Waals surface area (Å²) in [4.78, 5) is 10.6. The van der Waals surface area contributed by atoms with Crippen molar-refractivity contribution in [1.82, 2.24) is 0 Å². The number of hydrogen-bond donors (Lipinski definition) is 1. The van der Waals surface area contributed by atoms with Crippen LogP contribution in [0.1, 0.15) is 44.6 Å². The molecule has 98 valence electrons. The van der Waals surface area contributed by atoms with E-state index in [-0.39, 0.29) is 0 Å². The Morgan fingerprint density at radius 2 is 1.78 bits per heavy atom. The minimum atomic E-state index is -0.806. The zero-order valence-corrected chi connectivity index (χ0v) is 11.1. The number of benzene rings is 1. The molecular weight excluding hydrogens is 224 g/mol. The van der Waals surface area contributed by atoms with Crippen LogP contribution in [0.3, 0.4) is 0 Å². The molecule has 1 aromatic rings. The van der Waals surface area contributed by atoms with E-state index in [2.05, 4.69) is 24.3 Å². The van der Waals surface area contributed by atoms with Gasteiger partial charge >= 0.3 is 5.97 Å². The number of aryl methyl sites for hydroxylation is 1. The van der Waals surface area contributed by atoms with Crippen LogP contribution in [0.4, 0.5) is 0 Å². The van der Waals surface area contributed by atoms with Crippen LogP contribution in [-0.4, -0.2) is 11.1 Å². The van der Waals surface area contributed by atoms with Crippen molar-refractivity contribution in [3.63, 3.8) is 0 Å². The van der Waals surface area contributed by atoms with Crippen LogP contribution in [0.5, 0.6) is 0 Å². The number of carboxylic acid groups (broad SMARTS) is 1. The molecule has 0 bridgehead atoms. The molecule has 0 radical (unpaired) electrons. The number of carboxylic acids is 1. The van der Waals surface area contributed by atoms with Crippen LogP contribution < -0.4 is 0 Å². The maximum atomic E-state index is 10.6. The quantitative estimate of drug-likeness (QED) is 0.551. The van der Waals surface area contributed by atoms with Crippen molar-refractivity contribution >= 4 is 5.97 Å². The van der Waals surface area contributed by atoms with E-state index >= 15 is 0 Å². The SMILES string of the molecule is C/C(=C\CCCCCCc1ccccc1)C(=O)O. The zero-order valence-electron chi connectivity index (χ0n) is 11.1. The van der Waals surface area contributed by atoms with Crippen molar-refractivity contribution in [2.75, 3.05) is 0 Å². The monoisotopic (exact) mass is 246 g/mol. The lowest BCUT2D eigenvalue weighted by Gasteiger charge is -2.01. The number of allylic oxidation sites excluding steroid dienone is 1. The largest absolute Gasteiger partial charge is 0.478 e. The van der Waals surface area contributed by atoms with Gasteiger partial charge < -0.3 is 5.11 Å². The molecule has 0 spiro atoms. The fourth-order valence-corrected chi connectivity index (χ4v) is 1.88. The van der Waals surface area contributed by atoms with Gasteiger partial charge in [0, 0.05) is 5.57 Å². The lowest BCUT2D eigenvalue weighted by atomic mass is 10.1. The van der Waals surface area contributed by atoms with E-state index in [1.54, 1.807) is 6.92 Å². The Hall–Kier alpha value is -1.57. The van der Waals surface area contributed by atoms with Crippen LogP contribution in [-0.2, 0) is 11.2 Å². The molecule has 1 aromatic carbocycles. The molecule has 2 nitrogen and oxygen atoms in total. The van der Waals surface area contributed by atoms with Crippen LogP contribution in [0.2, 0.25) is 0 Å². The van der Waals surface area contributed by atoms with Gasteiger partial charge in [-0.15, -0.1) is 0 Å². The maximum absolute atomic E-state index is 10.6. The molecule has 0 fully saturated rings. The summed E-state index contributed by atoms with van der Waals surface area (Å²) in [5.41, 5.74) is 1.86. The minimum absolute atomic E-state index is 0.458. The second-order valence-corrected chi connectivity index (χ2v) is 4.63. The van der Waals surface area contributed by atoms with Gasteiger partial charge in [0.1, 0.15) is 0 Å². The van der Waals surface area contributed by atoms with Crippen molar-refractivity contribution < 1.29 is 9.90 Å². The Balaban J connectivity index is 2.03. The van der Waals surface area contributed by atoms with Crippen LogP contribution in [0.15, 0.2) is 42.0 Å². The highest BCUT2D eigenvalue weighted by atomic mass is 16.4. The standard InChI is InChI=1S/C16H22O2/c1-14(16(17)18)10-6-3-2-4-7-11-15-12-8-5-9-13-15/h5,8-10,12-13H,2-4,6-7,11H2,1H3,(H,17,18)/b14-10+. The van der Waals surface area contributed by atoms with Gasteiger partial charge in [-0.1, -0.05) is 49.2 Å². The molecule has 0 aliphatic carbocycles. The van der Waals surface area contributed by atoms with E-state index in [4.69, 9.17) is 5.11 Å². The molecule has 2 heteroatoms. The van der Waals surface area contributed by atoms with Crippen molar-refractivity contribution in [1.29, 1.82) is 0 Å². The first-order chi connectivity index (χ1) is 8.70. The maximum Gasteiger partial charge on any atom is 0.330 e. The highest BCUT2D eigenvalue weighted by Crippen LogP contribution is 2.09. The highest BCUT2D eigenvalue weighted by molar-refractivity contribution is 5.85. The third kappa shape index (κ3) is 6.24. The second kappa shape index (κ2) is 8.51. The molecular formula is C16H22O2. The second-order valence-electron chi connectivity index (χ2n) is 4.63. The molecule has 0 aliphatic heterocycles. The van der Waals surface area contributed by atoms with E-state index in [0.29, 0.717) is 5.57 Å². The van der Waals surface area contributed by atoms with Crippen molar-refractivity contribution in [2.45, 2.75) is 45.4 Å². The molecule has 18 heavy (non-hydrogen) atoms. The first-order valence-corrected chi connectivity index (χ1v) is 6.64. The third-order valence-corrected chi connectivity index (χ3v) is 3.05. The summed E-state index contributed by atoms with van der Waals surface area (Å²) < 4.78 is 0. The van der Waals surface area contributed by atoms with E-state index in [9.17, 15) is 4.79 Å². The average molecular weight is 246 g/mol. The molecule has 0 atom stereocenters. The Morgan fingerprint density at radius 3 is 2.44 bits per heavy atom. The van der Waals surface area contributed by atoms with E-state index in [1.165, 1.54) is 24.8 Å². The van der Waals surface area contributed by atoms with E-state index < -0.39 is 5.97 Å². The minimum Gasteiger partial charge on any atom is -0.478 e. The van der Waals surface area contributed by atoms with Crippen LogP contribution in [0, 0.1) is 0 Å². The fraction of sp³-hybridized carbons (Fsp3) is 0.438. The van der Waals surface area contributed by atoms with Crippen molar-refractivity contribution in [3.05, 3.63) is 47.5 Å². The summed E-state index contributed by atoms with van der Waals surface area (Å²) in [7, 11) is 0. The van der Waals surface area contributed by atoms with Crippen molar-refractivity contribution in [3.8, 4) is 0 Å². The first kappa shape index (κ1) is 14.5. The van der Waals surface area contributed by atoms with Gasteiger partial charge in [-0.2, -0.15) is 0 Å². The first-order valence-electron chi connectivity index (χ1n) is 6.64. The lowest BCUT2D eigenvalue weighted by molar-refractivity contribution is -0.132. The summed E-state index contributed by atoms with van der Waals surface area (Å²) in [5.74, 6) is -0.806. The molecule has 0 unspecified atom stereocenters. The number of unbranched alkanes of at least 4 members (excludes halogenated alkanes) is 4.